The van der Waals surface area contributed by atoms with Crippen molar-refractivity contribution in [2.45, 2.75) is 13.8 Å². The Morgan fingerprint density at radius 3 is 2.74 bits per heavy atom. The maximum Gasteiger partial charge on any atom is 0.308 e. The summed E-state index contributed by atoms with van der Waals surface area (Å²) in [7, 11) is 1.54. The average Bonchev–Trinajstić information content (AvgIpc) is 2.43. The van der Waals surface area contributed by atoms with Crippen molar-refractivity contribution in [2.24, 2.45) is 5.92 Å². The summed E-state index contributed by atoms with van der Waals surface area (Å²) in [6.45, 7) is 4.65. The predicted molar refractivity (Wildman–Crippen MR) is 72.3 cm³/mol. The summed E-state index contributed by atoms with van der Waals surface area (Å²) in [6.07, 6.45) is 1.55. The molecule has 0 saturated heterocycles. The third kappa shape index (κ3) is 3.94. The number of carbonyl (C=O) groups is 2. The molecule has 0 aliphatic rings. The van der Waals surface area contributed by atoms with Gasteiger partial charge in [-0.25, -0.2) is 0 Å². The van der Waals surface area contributed by atoms with Gasteiger partial charge < -0.3 is 15.3 Å². The van der Waals surface area contributed by atoms with Crippen LogP contribution in [0.4, 0.5) is 5.69 Å². The zero-order chi connectivity index (χ0) is 14.4. The van der Waals surface area contributed by atoms with Crippen LogP contribution in [-0.2, 0) is 4.79 Å². The minimum Gasteiger partial charge on any atom is -0.481 e. The van der Waals surface area contributed by atoms with Crippen LogP contribution in [0, 0.1) is 5.92 Å². The number of amides is 1. The van der Waals surface area contributed by atoms with Crippen LogP contribution in [0.2, 0.25) is 0 Å². The normalized spacial score (nSPS) is 11.7. The number of carboxylic acid groups (broad SMARTS) is 1. The zero-order valence-electron chi connectivity index (χ0n) is 11.4. The van der Waals surface area contributed by atoms with Gasteiger partial charge in [-0.15, -0.1) is 0 Å². The highest BCUT2D eigenvalue weighted by atomic mass is 16.4. The summed E-state index contributed by atoms with van der Waals surface area (Å²) in [6, 6.07) is 3.43. The quantitative estimate of drug-likeness (QED) is 0.801. The minimum atomic E-state index is -0.834. The van der Waals surface area contributed by atoms with Gasteiger partial charge in [-0.3, -0.25) is 14.6 Å². The number of hydrogen-bond donors (Lipinski definition) is 2. The molecule has 2 N–H and O–H groups in total. The second-order valence-corrected chi connectivity index (χ2v) is 4.26. The lowest BCUT2D eigenvalue weighted by Crippen LogP contribution is -2.32. The third-order valence-corrected chi connectivity index (χ3v) is 2.87. The van der Waals surface area contributed by atoms with Gasteiger partial charge in [0, 0.05) is 32.0 Å². The van der Waals surface area contributed by atoms with E-state index in [1.807, 2.05) is 11.8 Å². The molecule has 1 heterocycles. The van der Waals surface area contributed by atoms with Gasteiger partial charge in [0.25, 0.3) is 5.91 Å². The van der Waals surface area contributed by atoms with Crippen molar-refractivity contribution >= 4 is 17.6 Å². The zero-order valence-corrected chi connectivity index (χ0v) is 11.4. The maximum absolute atomic E-state index is 11.5. The van der Waals surface area contributed by atoms with Crippen molar-refractivity contribution in [2.75, 3.05) is 25.0 Å². The summed E-state index contributed by atoms with van der Waals surface area (Å²) >= 11 is 0. The summed E-state index contributed by atoms with van der Waals surface area (Å²) in [4.78, 5) is 28.3. The Balaban J connectivity index is 2.92. The number of hydrogen-bond acceptors (Lipinski definition) is 4. The molecule has 1 amide bonds. The molecular weight excluding hydrogens is 246 g/mol. The summed E-state index contributed by atoms with van der Waals surface area (Å²) < 4.78 is 0. The molecule has 0 bridgehead atoms. The van der Waals surface area contributed by atoms with E-state index in [0.717, 1.165) is 5.69 Å². The Hall–Kier alpha value is -2.11. The summed E-state index contributed by atoms with van der Waals surface area (Å²) in [5.74, 6) is -1.57. The second-order valence-electron chi connectivity index (χ2n) is 4.26. The molecule has 1 unspecified atom stereocenters. The number of pyridine rings is 1. The Labute approximate surface area is 112 Å². The van der Waals surface area contributed by atoms with E-state index in [-0.39, 0.29) is 5.91 Å². The van der Waals surface area contributed by atoms with Crippen molar-refractivity contribution in [3.8, 4) is 0 Å². The molecule has 0 aliphatic heterocycles. The summed E-state index contributed by atoms with van der Waals surface area (Å²) in [5, 5.41) is 11.5. The molecule has 19 heavy (non-hydrogen) atoms. The Kier molecular flexibility index (Phi) is 5.29. The van der Waals surface area contributed by atoms with E-state index < -0.39 is 11.9 Å². The van der Waals surface area contributed by atoms with Gasteiger partial charge >= 0.3 is 5.97 Å². The molecule has 0 spiro atoms. The molecule has 6 nitrogen and oxygen atoms in total. The fourth-order valence-corrected chi connectivity index (χ4v) is 1.69. The Bertz CT molecular complexity index is 462. The molecule has 0 radical (unpaired) electrons. The van der Waals surface area contributed by atoms with Crippen LogP contribution in [0.15, 0.2) is 18.3 Å². The third-order valence-electron chi connectivity index (χ3n) is 2.87. The van der Waals surface area contributed by atoms with E-state index in [4.69, 9.17) is 5.11 Å². The molecule has 1 rings (SSSR count). The molecule has 1 aromatic heterocycles. The highest BCUT2D eigenvalue weighted by Gasteiger charge is 2.16. The van der Waals surface area contributed by atoms with Gasteiger partial charge in [0.2, 0.25) is 0 Å². The minimum absolute atomic E-state index is 0.260. The van der Waals surface area contributed by atoms with Gasteiger partial charge in [-0.2, -0.15) is 0 Å². The number of anilines is 1. The number of aromatic nitrogens is 1. The van der Waals surface area contributed by atoms with Gasteiger partial charge in [-0.1, -0.05) is 6.92 Å². The van der Waals surface area contributed by atoms with E-state index in [0.29, 0.717) is 18.8 Å². The molecule has 0 aromatic carbocycles. The molecular formula is C13H19N3O3. The number of nitrogens with zero attached hydrogens (tertiary/aromatic N) is 2. The van der Waals surface area contributed by atoms with Gasteiger partial charge in [-0.05, 0) is 19.1 Å². The SMILES string of the molecule is CCN(CC(C)C(=O)O)c1ccnc(C(=O)NC)c1. The molecule has 1 aromatic rings. The van der Waals surface area contributed by atoms with Crippen molar-refractivity contribution in [3.05, 3.63) is 24.0 Å². The number of nitrogens with one attached hydrogen (secondary N) is 1. The predicted octanol–water partition coefficient (Wildman–Crippen LogP) is 0.988. The molecule has 0 fully saturated rings. The standard InChI is InChI=1S/C13H19N3O3/c1-4-16(8-9(2)13(18)19)10-5-6-15-11(7-10)12(17)14-3/h5-7,9H,4,8H2,1-3H3,(H,14,17)(H,18,19). The van der Waals surface area contributed by atoms with E-state index in [9.17, 15) is 9.59 Å². The van der Waals surface area contributed by atoms with E-state index in [1.165, 1.54) is 0 Å². The van der Waals surface area contributed by atoms with Crippen LogP contribution in [0.25, 0.3) is 0 Å². The lowest BCUT2D eigenvalue weighted by molar-refractivity contribution is -0.140. The van der Waals surface area contributed by atoms with E-state index >= 15 is 0 Å². The smallest absolute Gasteiger partial charge is 0.308 e. The van der Waals surface area contributed by atoms with Crippen molar-refractivity contribution < 1.29 is 14.7 Å². The summed E-state index contributed by atoms with van der Waals surface area (Å²) in [5.41, 5.74) is 1.12. The fraction of sp³-hybridized carbons (Fsp3) is 0.462. The van der Waals surface area contributed by atoms with E-state index in [1.54, 1.807) is 32.3 Å². The monoisotopic (exact) mass is 265 g/mol. The van der Waals surface area contributed by atoms with Gasteiger partial charge in [0.1, 0.15) is 5.69 Å². The van der Waals surface area contributed by atoms with Crippen LogP contribution in [0.5, 0.6) is 0 Å². The van der Waals surface area contributed by atoms with Crippen LogP contribution in [-0.4, -0.2) is 42.1 Å². The molecule has 1 atom stereocenters. The Morgan fingerprint density at radius 1 is 1.53 bits per heavy atom. The number of carbonyl (C=O) groups excluding carboxylic acids is 1. The average molecular weight is 265 g/mol. The first-order valence-electron chi connectivity index (χ1n) is 6.15. The topological polar surface area (TPSA) is 82.5 Å². The first kappa shape index (κ1) is 14.9. The highest BCUT2D eigenvalue weighted by Crippen LogP contribution is 2.16. The fourth-order valence-electron chi connectivity index (χ4n) is 1.69. The van der Waals surface area contributed by atoms with Crippen molar-refractivity contribution in [1.29, 1.82) is 0 Å². The largest absolute Gasteiger partial charge is 0.481 e. The van der Waals surface area contributed by atoms with Crippen LogP contribution < -0.4 is 10.2 Å². The van der Waals surface area contributed by atoms with Crippen LogP contribution in [0.3, 0.4) is 0 Å². The van der Waals surface area contributed by atoms with Crippen molar-refractivity contribution in [3.63, 3.8) is 0 Å². The maximum atomic E-state index is 11.5. The second kappa shape index (κ2) is 6.72. The number of aliphatic carboxylic acids is 1. The lowest BCUT2D eigenvalue weighted by Gasteiger charge is -2.25. The molecule has 0 saturated carbocycles. The molecule has 0 aliphatic carbocycles. The Morgan fingerprint density at radius 2 is 2.21 bits per heavy atom. The molecule has 6 heteroatoms. The number of carboxylic acids is 1. The van der Waals surface area contributed by atoms with Gasteiger partial charge in [0.05, 0.1) is 5.92 Å². The van der Waals surface area contributed by atoms with E-state index in [2.05, 4.69) is 10.3 Å². The first-order valence-corrected chi connectivity index (χ1v) is 6.15. The highest BCUT2D eigenvalue weighted by molar-refractivity contribution is 5.92. The van der Waals surface area contributed by atoms with Crippen LogP contribution >= 0.6 is 0 Å². The molecule has 104 valence electrons. The lowest BCUT2D eigenvalue weighted by atomic mass is 10.1. The van der Waals surface area contributed by atoms with Crippen LogP contribution in [0.1, 0.15) is 24.3 Å². The first-order chi connectivity index (χ1) is 8.99. The van der Waals surface area contributed by atoms with Gasteiger partial charge in [0.15, 0.2) is 0 Å². The van der Waals surface area contributed by atoms with Crippen molar-refractivity contribution in [1.82, 2.24) is 10.3 Å². The number of rotatable bonds is 6.